The Hall–Kier alpha value is -1.79. The molecular formula is C18H23N3O2S. The fourth-order valence-electron chi connectivity index (χ4n) is 2.97. The highest BCUT2D eigenvalue weighted by Crippen LogP contribution is 2.27. The zero-order valence-electron chi connectivity index (χ0n) is 14.1. The van der Waals surface area contributed by atoms with Crippen LogP contribution in [0.1, 0.15) is 23.4 Å². The maximum atomic E-state index is 12.3. The van der Waals surface area contributed by atoms with Crippen LogP contribution >= 0.6 is 11.8 Å². The van der Waals surface area contributed by atoms with Gasteiger partial charge in [0, 0.05) is 23.6 Å². The van der Waals surface area contributed by atoms with Crippen LogP contribution in [0.4, 0.5) is 0 Å². The first-order valence-corrected chi connectivity index (χ1v) is 9.31. The van der Waals surface area contributed by atoms with Gasteiger partial charge in [-0.3, -0.25) is 4.79 Å². The molecule has 1 aliphatic heterocycles. The lowest BCUT2D eigenvalue weighted by molar-refractivity contribution is -0.121. The maximum absolute atomic E-state index is 12.3. The molecule has 0 saturated carbocycles. The highest BCUT2D eigenvalue weighted by atomic mass is 32.2. The van der Waals surface area contributed by atoms with E-state index in [1.807, 2.05) is 48.9 Å². The van der Waals surface area contributed by atoms with E-state index in [1.165, 1.54) is 0 Å². The Morgan fingerprint density at radius 3 is 2.79 bits per heavy atom. The Bertz CT molecular complexity index is 721. The van der Waals surface area contributed by atoms with Gasteiger partial charge >= 0.3 is 0 Å². The molecule has 0 unspecified atom stereocenters. The standard InChI is InChI=1S/C18H23N3O2S/c1-13-16(10-17(22)19-11-18(23)8-9-24-12-18)14(2)21(20-13)15-6-4-3-5-7-15/h3-7,23H,8-12H2,1-2H3,(H,19,22)/t18-/m1/s1. The SMILES string of the molecule is Cc1nn(-c2ccccc2)c(C)c1CC(=O)NC[C@]1(O)CCSC1. The second-order valence-electron chi connectivity index (χ2n) is 6.38. The smallest absolute Gasteiger partial charge is 0.224 e. The molecule has 1 atom stereocenters. The van der Waals surface area contributed by atoms with Gasteiger partial charge in [-0.1, -0.05) is 18.2 Å². The number of hydrogen-bond acceptors (Lipinski definition) is 4. The van der Waals surface area contributed by atoms with Gasteiger partial charge in [-0.2, -0.15) is 16.9 Å². The zero-order chi connectivity index (χ0) is 17.2. The lowest BCUT2D eigenvalue weighted by Gasteiger charge is -2.21. The molecule has 1 aliphatic rings. The Kier molecular flexibility index (Phi) is 4.96. The van der Waals surface area contributed by atoms with Crippen molar-refractivity contribution in [2.75, 3.05) is 18.1 Å². The number of benzene rings is 1. The summed E-state index contributed by atoms with van der Waals surface area (Å²) in [5, 5.41) is 17.8. The summed E-state index contributed by atoms with van der Waals surface area (Å²) in [5.41, 5.74) is 3.02. The van der Waals surface area contributed by atoms with Crippen LogP contribution in [0, 0.1) is 13.8 Å². The number of carbonyl (C=O) groups excluding carboxylic acids is 1. The van der Waals surface area contributed by atoms with Crippen LogP contribution in [0.15, 0.2) is 30.3 Å². The first-order chi connectivity index (χ1) is 11.5. The molecular weight excluding hydrogens is 322 g/mol. The van der Waals surface area contributed by atoms with Crippen LogP contribution in [0.3, 0.4) is 0 Å². The summed E-state index contributed by atoms with van der Waals surface area (Å²) in [4.78, 5) is 12.3. The third-order valence-corrected chi connectivity index (χ3v) is 5.71. The fourth-order valence-corrected chi connectivity index (χ4v) is 4.27. The number of thioether (sulfide) groups is 1. The van der Waals surface area contributed by atoms with Crippen molar-refractivity contribution in [3.63, 3.8) is 0 Å². The minimum absolute atomic E-state index is 0.0702. The van der Waals surface area contributed by atoms with Crippen LogP contribution in [-0.2, 0) is 11.2 Å². The van der Waals surface area contributed by atoms with E-state index >= 15 is 0 Å². The Balaban J connectivity index is 1.69. The molecule has 6 heteroatoms. The lowest BCUT2D eigenvalue weighted by atomic mass is 10.0. The van der Waals surface area contributed by atoms with Crippen LogP contribution in [-0.4, -0.2) is 44.4 Å². The van der Waals surface area contributed by atoms with Gasteiger partial charge in [0.2, 0.25) is 5.91 Å². The Morgan fingerprint density at radius 2 is 2.12 bits per heavy atom. The van der Waals surface area contributed by atoms with E-state index in [0.29, 0.717) is 12.3 Å². The maximum Gasteiger partial charge on any atom is 0.224 e. The number of rotatable bonds is 5. The molecule has 2 heterocycles. The minimum atomic E-state index is -0.751. The monoisotopic (exact) mass is 345 g/mol. The van der Waals surface area contributed by atoms with Gasteiger partial charge in [-0.05, 0) is 38.2 Å². The predicted molar refractivity (Wildman–Crippen MR) is 96.6 cm³/mol. The van der Waals surface area contributed by atoms with Crippen molar-refractivity contribution < 1.29 is 9.90 Å². The number of aromatic nitrogens is 2. The van der Waals surface area contributed by atoms with Crippen molar-refractivity contribution in [1.82, 2.24) is 15.1 Å². The van der Waals surface area contributed by atoms with E-state index in [0.717, 1.165) is 34.8 Å². The van der Waals surface area contributed by atoms with E-state index in [4.69, 9.17) is 0 Å². The van der Waals surface area contributed by atoms with Crippen molar-refractivity contribution in [2.45, 2.75) is 32.3 Å². The molecule has 0 spiro atoms. The fraction of sp³-hybridized carbons (Fsp3) is 0.444. The molecule has 1 amide bonds. The predicted octanol–water partition coefficient (Wildman–Crippen LogP) is 2.02. The Labute approximate surface area is 146 Å². The molecule has 1 fully saturated rings. The lowest BCUT2D eigenvalue weighted by Crippen LogP contribution is -2.43. The third kappa shape index (κ3) is 3.65. The molecule has 0 radical (unpaired) electrons. The number of para-hydroxylation sites is 1. The first-order valence-electron chi connectivity index (χ1n) is 8.16. The number of carbonyl (C=O) groups is 1. The highest BCUT2D eigenvalue weighted by Gasteiger charge is 2.32. The summed E-state index contributed by atoms with van der Waals surface area (Å²) >= 11 is 1.73. The van der Waals surface area contributed by atoms with Gasteiger partial charge in [0.1, 0.15) is 0 Å². The Morgan fingerprint density at radius 1 is 1.38 bits per heavy atom. The van der Waals surface area contributed by atoms with E-state index in [2.05, 4.69) is 10.4 Å². The van der Waals surface area contributed by atoms with Crippen LogP contribution in [0.25, 0.3) is 5.69 Å². The van der Waals surface area contributed by atoms with E-state index in [9.17, 15) is 9.90 Å². The summed E-state index contributed by atoms with van der Waals surface area (Å²) in [6.45, 7) is 4.23. The van der Waals surface area contributed by atoms with Gasteiger partial charge in [0.15, 0.2) is 0 Å². The van der Waals surface area contributed by atoms with Crippen LogP contribution in [0.2, 0.25) is 0 Å². The van der Waals surface area contributed by atoms with Gasteiger partial charge in [0.05, 0.1) is 23.4 Å². The van der Waals surface area contributed by atoms with E-state index < -0.39 is 5.60 Å². The number of aliphatic hydroxyl groups is 1. The van der Waals surface area contributed by atoms with E-state index in [-0.39, 0.29) is 12.3 Å². The molecule has 3 rings (SSSR count). The topological polar surface area (TPSA) is 67.2 Å². The third-order valence-electron chi connectivity index (χ3n) is 4.48. The van der Waals surface area contributed by atoms with Crippen molar-refractivity contribution >= 4 is 17.7 Å². The van der Waals surface area contributed by atoms with Crippen LogP contribution < -0.4 is 5.32 Å². The minimum Gasteiger partial charge on any atom is -0.387 e. The molecule has 1 saturated heterocycles. The molecule has 0 bridgehead atoms. The van der Waals surface area contributed by atoms with E-state index in [1.54, 1.807) is 11.8 Å². The quantitative estimate of drug-likeness (QED) is 0.870. The second-order valence-corrected chi connectivity index (χ2v) is 7.48. The number of nitrogens with zero attached hydrogens (tertiary/aromatic N) is 2. The molecule has 1 aromatic heterocycles. The molecule has 5 nitrogen and oxygen atoms in total. The normalized spacial score (nSPS) is 20.3. The molecule has 0 aliphatic carbocycles. The molecule has 24 heavy (non-hydrogen) atoms. The van der Waals surface area contributed by atoms with Gasteiger partial charge in [-0.15, -0.1) is 0 Å². The van der Waals surface area contributed by atoms with Crippen molar-refractivity contribution in [1.29, 1.82) is 0 Å². The summed E-state index contributed by atoms with van der Waals surface area (Å²) < 4.78 is 1.87. The highest BCUT2D eigenvalue weighted by molar-refractivity contribution is 7.99. The van der Waals surface area contributed by atoms with Gasteiger partial charge in [0.25, 0.3) is 0 Å². The van der Waals surface area contributed by atoms with Crippen molar-refractivity contribution in [2.24, 2.45) is 0 Å². The summed E-state index contributed by atoms with van der Waals surface area (Å²) in [5.74, 6) is 1.57. The largest absolute Gasteiger partial charge is 0.387 e. The van der Waals surface area contributed by atoms with Crippen molar-refractivity contribution in [3.8, 4) is 5.69 Å². The van der Waals surface area contributed by atoms with Gasteiger partial charge < -0.3 is 10.4 Å². The molecule has 128 valence electrons. The van der Waals surface area contributed by atoms with Crippen LogP contribution in [0.5, 0.6) is 0 Å². The number of hydrogen-bond donors (Lipinski definition) is 2. The second kappa shape index (κ2) is 6.99. The molecule has 2 N–H and O–H groups in total. The number of amides is 1. The zero-order valence-corrected chi connectivity index (χ0v) is 14.9. The summed E-state index contributed by atoms with van der Waals surface area (Å²) in [7, 11) is 0. The average Bonchev–Trinajstić information content (AvgIpc) is 3.13. The molecule has 2 aromatic rings. The van der Waals surface area contributed by atoms with Gasteiger partial charge in [-0.25, -0.2) is 4.68 Å². The van der Waals surface area contributed by atoms with Crippen molar-refractivity contribution in [3.05, 3.63) is 47.3 Å². The summed E-state index contributed by atoms with van der Waals surface area (Å²) in [6, 6.07) is 9.90. The summed E-state index contributed by atoms with van der Waals surface area (Å²) in [6.07, 6.45) is 1.02. The average molecular weight is 345 g/mol. The first kappa shape index (κ1) is 17.0. The molecule has 1 aromatic carbocycles. The number of aryl methyl sites for hydroxylation is 1. The number of nitrogens with one attached hydrogen (secondary N) is 1.